The molecule has 0 radical (unpaired) electrons. The maximum absolute atomic E-state index is 11.9. The largest absolute Gasteiger partial charge is 0.493 e. The number of rotatable bonds is 8. The highest BCUT2D eigenvalue weighted by Crippen LogP contribution is 2.32. The molecule has 0 saturated carbocycles. The molecule has 1 rings (SSSR count). The highest BCUT2D eigenvalue weighted by Gasteiger charge is 2.22. The molecular formula is C14H20N2O5S. The summed E-state index contributed by atoms with van der Waals surface area (Å²) in [6, 6.07) is 4.62. The van der Waals surface area contributed by atoms with Gasteiger partial charge in [0.2, 0.25) is 15.9 Å². The van der Waals surface area contributed by atoms with Crippen molar-refractivity contribution in [2.45, 2.75) is 0 Å². The molecule has 1 aromatic carbocycles. The lowest BCUT2D eigenvalue weighted by Gasteiger charge is -2.22. The predicted molar refractivity (Wildman–Crippen MR) is 84.9 cm³/mol. The number of hydrogen-bond donors (Lipinski definition) is 1. The van der Waals surface area contributed by atoms with Crippen LogP contribution in [0.3, 0.4) is 0 Å². The number of benzene rings is 1. The Bertz CT molecular complexity index is 643. The van der Waals surface area contributed by atoms with Gasteiger partial charge in [0.05, 0.1) is 26.2 Å². The van der Waals surface area contributed by atoms with Gasteiger partial charge in [-0.25, -0.2) is 8.42 Å². The summed E-state index contributed by atoms with van der Waals surface area (Å²) in [5.41, 5.74) is 0.314. The zero-order valence-corrected chi connectivity index (χ0v) is 13.6. The summed E-state index contributed by atoms with van der Waals surface area (Å²) in [6.45, 7) is 3.42. The number of hydrogen-bond acceptors (Lipinski definition) is 5. The van der Waals surface area contributed by atoms with Gasteiger partial charge in [0.15, 0.2) is 11.5 Å². The van der Waals surface area contributed by atoms with E-state index < -0.39 is 15.9 Å². The highest BCUT2D eigenvalue weighted by molar-refractivity contribution is 7.92. The second-order valence-corrected chi connectivity index (χ2v) is 6.31. The molecule has 0 aliphatic carbocycles. The second kappa shape index (κ2) is 7.69. The van der Waals surface area contributed by atoms with Gasteiger partial charge in [0.25, 0.3) is 0 Å². The van der Waals surface area contributed by atoms with Gasteiger partial charge >= 0.3 is 0 Å². The van der Waals surface area contributed by atoms with Crippen molar-refractivity contribution in [2.75, 3.05) is 37.9 Å². The van der Waals surface area contributed by atoms with E-state index >= 15 is 0 Å². The zero-order valence-electron chi connectivity index (χ0n) is 12.8. The maximum Gasteiger partial charge on any atom is 0.241 e. The molecule has 0 aromatic heterocycles. The van der Waals surface area contributed by atoms with Crippen LogP contribution in [-0.4, -0.2) is 47.9 Å². The summed E-state index contributed by atoms with van der Waals surface area (Å²) >= 11 is 0. The molecule has 1 N–H and O–H groups in total. The number of carbonyl (C=O) groups excluding carboxylic acids is 1. The molecule has 0 aliphatic rings. The normalized spacial score (nSPS) is 10.7. The van der Waals surface area contributed by atoms with Crippen LogP contribution in [0, 0.1) is 0 Å². The molecule has 7 nitrogen and oxygen atoms in total. The average Bonchev–Trinajstić information content (AvgIpc) is 2.48. The molecule has 0 fully saturated rings. The Morgan fingerprint density at radius 2 is 1.95 bits per heavy atom. The SMILES string of the molecule is C=CCNC(=O)CN(c1ccc(OC)c(OC)c1)S(C)(=O)=O. The fourth-order valence-corrected chi connectivity index (χ4v) is 2.60. The summed E-state index contributed by atoms with van der Waals surface area (Å²) in [7, 11) is -0.704. The van der Waals surface area contributed by atoms with Crippen LogP contribution >= 0.6 is 0 Å². The van der Waals surface area contributed by atoms with Crippen LogP contribution in [0.4, 0.5) is 5.69 Å². The van der Waals surface area contributed by atoms with Crippen LogP contribution in [0.1, 0.15) is 0 Å². The van der Waals surface area contributed by atoms with E-state index in [1.165, 1.54) is 26.4 Å². The Labute approximate surface area is 130 Å². The summed E-state index contributed by atoms with van der Waals surface area (Å²) in [5.74, 6) is 0.413. The Hall–Kier alpha value is -2.22. The van der Waals surface area contributed by atoms with Crippen molar-refractivity contribution in [2.24, 2.45) is 0 Å². The third-order valence-corrected chi connectivity index (χ3v) is 3.93. The minimum atomic E-state index is -3.63. The van der Waals surface area contributed by atoms with Gasteiger partial charge in [-0.15, -0.1) is 6.58 Å². The van der Waals surface area contributed by atoms with E-state index in [9.17, 15) is 13.2 Å². The van der Waals surface area contributed by atoms with E-state index in [1.54, 1.807) is 12.1 Å². The van der Waals surface area contributed by atoms with Crippen molar-refractivity contribution >= 4 is 21.6 Å². The Morgan fingerprint density at radius 1 is 1.32 bits per heavy atom. The number of carbonyl (C=O) groups is 1. The first kappa shape index (κ1) is 17.8. The molecule has 0 saturated heterocycles. The molecule has 0 unspecified atom stereocenters. The Balaban J connectivity index is 3.13. The molecule has 122 valence electrons. The van der Waals surface area contributed by atoms with E-state index in [0.717, 1.165) is 10.6 Å². The summed E-state index contributed by atoms with van der Waals surface area (Å²) in [5, 5.41) is 2.54. The smallest absolute Gasteiger partial charge is 0.241 e. The van der Waals surface area contributed by atoms with Crippen LogP contribution in [0.25, 0.3) is 0 Å². The first-order valence-electron chi connectivity index (χ1n) is 6.40. The van der Waals surface area contributed by atoms with Crippen LogP contribution in [0.15, 0.2) is 30.9 Å². The van der Waals surface area contributed by atoms with Crippen molar-refractivity contribution in [1.29, 1.82) is 0 Å². The quantitative estimate of drug-likeness (QED) is 0.713. The van der Waals surface area contributed by atoms with E-state index in [4.69, 9.17) is 9.47 Å². The second-order valence-electron chi connectivity index (χ2n) is 4.40. The van der Waals surface area contributed by atoms with Crippen molar-refractivity contribution < 1.29 is 22.7 Å². The van der Waals surface area contributed by atoms with Gasteiger partial charge in [-0.2, -0.15) is 0 Å². The number of ether oxygens (including phenoxy) is 2. The van der Waals surface area contributed by atoms with Gasteiger partial charge in [-0.05, 0) is 12.1 Å². The van der Waals surface area contributed by atoms with Gasteiger partial charge in [-0.1, -0.05) is 6.08 Å². The third kappa shape index (κ3) is 4.66. The number of sulfonamides is 1. The first-order chi connectivity index (χ1) is 10.3. The molecule has 1 aromatic rings. The summed E-state index contributed by atoms with van der Waals surface area (Å²) in [4.78, 5) is 11.8. The van der Waals surface area contributed by atoms with Crippen molar-refractivity contribution in [3.05, 3.63) is 30.9 Å². The lowest BCUT2D eigenvalue weighted by atomic mass is 10.2. The summed E-state index contributed by atoms with van der Waals surface area (Å²) in [6.07, 6.45) is 2.55. The molecule has 22 heavy (non-hydrogen) atoms. The van der Waals surface area contributed by atoms with Crippen molar-refractivity contribution in [3.63, 3.8) is 0 Å². The highest BCUT2D eigenvalue weighted by atomic mass is 32.2. The zero-order chi connectivity index (χ0) is 16.8. The maximum atomic E-state index is 11.9. The fourth-order valence-electron chi connectivity index (χ4n) is 1.75. The van der Waals surface area contributed by atoms with E-state index in [2.05, 4.69) is 11.9 Å². The predicted octanol–water partition coefficient (Wildman–Crippen LogP) is 0.772. The standard InChI is InChI=1S/C14H20N2O5S/c1-5-8-15-14(17)10-16(22(4,18)19)11-6-7-12(20-2)13(9-11)21-3/h5-7,9H,1,8,10H2,2-4H3,(H,15,17). The number of amides is 1. The molecule has 8 heteroatoms. The van der Waals surface area contributed by atoms with Crippen LogP contribution in [-0.2, 0) is 14.8 Å². The molecule has 0 aliphatic heterocycles. The van der Waals surface area contributed by atoms with Gasteiger partial charge in [0.1, 0.15) is 6.54 Å². The van der Waals surface area contributed by atoms with Crippen LogP contribution in [0.2, 0.25) is 0 Å². The minimum absolute atomic E-state index is 0.266. The Morgan fingerprint density at radius 3 is 2.45 bits per heavy atom. The fraction of sp³-hybridized carbons (Fsp3) is 0.357. The molecule has 0 spiro atoms. The number of methoxy groups -OCH3 is 2. The van der Waals surface area contributed by atoms with Gasteiger partial charge < -0.3 is 14.8 Å². The molecule has 1 amide bonds. The molecular weight excluding hydrogens is 308 g/mol. The third-order valence-electron chi connectivity index (χ3n) is 2.79. The van der Waals surface area contributed by atoms with Gasteiger partial charge in [0, 0.05) is 12.6 Å². The van der Waals surface area contributed by atoms with Crippen molar-refractivity contribution in [1.82, 2.24) is 5.32 Å². The van der Waals surface area contributed by atoms with Crippen LogP contribution < -0.4 is 19.1 Å². The van der Waals surface area contributed by atoms with Crippen LogP contribution in [0.5, 0.6) is 11.5 Å². The number of nitrogens with zero attached hydrogens (tertiary/aromatic N) is 1. The van der Waals surface area contributed by atoms with Crippen molar-refractivity contribution in [3.8, 4) is 11.5 Å². The van der Waals surface area contributed by atoms with E-state index in [1.807, 2.05) is 0 Å². The first-order valence-corrected chi connectivity index (χ1v) is 8.25. The molecule has 0 heterocycles. The lowest BCUT2D eigenvalue weighted by molar-refractivity contribution is -0.119. The Kier molecular flexibility index (Phi) is 6.24. The lowest BCUT2D eigenvalue weighted by Crippen LogP contribution is -2.40. The summed E-state index contributed by atoms with van der Waals surface area (Å²) < 4.78 is 35.1. The topological polar surface area (TPSA) is 84.9 Å². The number of anilines is 1. The molecule has 0 bridgehead atoms. The monoisotopic (exact) mass is 328 g/mol. The van der Waals surface area contributed by atoms with E-state index in [0.29, 0.717) is 17.2 Å². The number of nitrogens with one attached hydrogen (secondary N) is 1. The van der Waals surface area contributed by atoms with E-state index in [-0.39, 0.29) is 13.1 Å². The molecule has 0 atom stereocenters. The average molecular weight is 328 g/mol. The van der Waals surface area contributed by atoms with Gasteiger partial charge in [-0.3, -0.25) is 9.10 Å². The minimum Gasteiger partial charge on any atom is -0.493 e.